The highest BCUT2D eigenvalue weighted by molar-refractivity contribution is 7.94. The van der Waals surface area contributed by atoms with Crippen molar-refractivity contribution in [1.29, 1.82) is 0 Å². The van der Waals surface area contributed by atoms with Crippen molar-refractivity contribution in [1.82, 2.24) is 9.78 Å². The number of nitrogens with zero attached hydrogens (tertiary/aromatic N) is 3. The molecule has 12 nitrogen and oxygen atoms in total. The zero-order valence-corrected chi connectivity index (χ0v) is 19.8. The van der Waals surface area contributed by atoms with E-state index in [4.69, 9.17) is 9.81 Å². The van der Waals surface area contributed by atoms with Gasteiger partial charge in [0.25, 0.3) is 21.6 Å². The fraction of sp³-hybridized carbons (Fsp3) is 0.0952. The van der Waals surface area contributed by atoms with Crippen molar-refractivity contribution >= 4 is 45.5 Å². The van der Waals surface area contributed by atoms with E-state index in [1.807, 2.05) is 0 Å². The normalized spacial score (nSPS) is 15.2. The lowest BCUT2D eigenvalue weighted by Crippen LogP contribution is -2.22. The van der Waals surface area contributed by atoms with Gasteiger partial charge < -0.3 is 0 Å². The summed E-state index contributed by atoms with van der Waals surface area (Å²) in [7, 11) is -4.36. The highest BCUT2D eigenvalue weighted by atomic mass is 32.2. The number of carbonyl (C=O) groups is 1. The van der Waals surface area contributed by atoms with E-state index in [0.29, 0.717) is 27.7 Å². The van der Waals surface area contributed by atoms with Crippen LogP contribution in [0.5, 0.6) is 0 Å². The van der Waals surface area contributed by atoms with E-state index >= 15 is 0 Å². The molecule has 2 heterocycles. The Balaban J connectivity index is 1.63. The Morgan fingerprint density at radius 3 is 2.26 bits per heavy atom. The van der Waals surface area contributed by atoms with Crippen molar-refractivity contribution in [2.45, 2.75) is 23.6 Å². The van der Waals surface area contributed by atoms with Gasteiger partial charge in [-0.1, -0.05) is 5.04 Å². The van der Waals surface area contributed by atoms with Gasteiger partial charge in [0.05, 0.1) is 45.2 Å². The molecule has 0 saturated heterocycles. The number of nitrogens with one attached hydrogen (secondary N) is 1. The molecule has 0 aliphatic carbocycles. The Hall–Kier alpha value is -3.53. The van der Waals surface area contributed by atoms with E-state index in [1.165, 1.54) is 40.0 Å². The van der Waals surface area contributed by atoms with Gasteiger partial charge in [0.1, 0.15) is 0 Å². The van der Waals surface area contributed by atoms with Crippen LogP contribution < -0.4 is 10.6 Å². The maximum Gasteiger partial charge on any atom is 0.294 e. The molecule has 1 amide bonds. The second kappa shape index (κ2) is 9.61. The molecule has 4 rings (SSSR count). The summed E-state index contributed by atoms with van der Waals surface area (Å²) in [6, 6.07) is 11.6. The van der Waals surface area contributed by atoms with Gasteiger partial charge in [-0.05, 0) is 68.5 Å². The third-order valence-electron chi connectivity index (χ3n) is 5.10. The van der Waals surface area contributed by atoms with Crippen LogP contribution in [0.25, 0.3) is 11.8 Å². The number of benzene rings is 2. The van der Waals surface area contributed by atoms with E-state index in [1.54, 1.807) is 38.1 Å². The van der Waals surface area contributed by atoms with Crippen LogP contribution in [-0.2, 0) is 24.3 Å². The molecule has 14 heteroatoms. The summed E-state index contributed by atoms with van der Waals surface area (Å²) in [5.41, 5.74) is 1.72. The number of anilines is 1. The molecule has 3 aromatic rings. The number of hydrazone groups is 1. The average Bonchev–Trinajstić information content (AvgIpc) is 3.27. The highest BCUT2D eigenvalue weighted by Gasteiger charge is 2.29. The lowest BCUT2D eigenvalue weighted by atomic mass is 10.1. The minimum Gasteiger partial charge on any atom is -0.295 e. The molecule has 182 valence electrons. The molecule has 1 aliphatic heterocycles. The summed E-state index contributed by atoms with van der Waals surface area (Å²) in [6.07, 6.45) is 1.45. The zero-order chi connectivity index (χ0) is 25.3. The first-order chi connectivity index (χ1) is 16.6. The van der Waals surface area contributed by atoms with Crippen LogP contribution in [0.3, 0.4) is 0 Å². The van der Waals surface area contributed by atoms with Crippen LogP contribution in [0, 0.1) is 6.92 Å². The number of hydrogen-bond donors (Lipinski definition) is 3. The average molecular weight is 519 g/mol. The maximum absolute atomic E-state index is 13.1. The van der Waals surface area contributed by atoms with Gasteiger partial charge in [0, 0.05) is 10.6 Å². The molecule has 0 spiro atoms. The fourth-order valence-electron chi connectivity index (χ4n) is 3.38. The molecular weight excluding hydrogens is 500 g/mol. The van der Waals surface area contributed by atoms with Gasteiger partial charge in [0.2, 0.25) is 0 Å². The Bertz CT molecular complexity index is 1500. The summed E-state index contributed by atoms with van der Waals surface area (Å²) in [5, 5.41) is 20.2. The number of rotatable bonds is 7. The van der Waals surface area contributed by atoms with Gasteiger partial charge in [-0.25, -0.2) is 9.94 Å². The first-order valence-electron chi connectivity index (χ1n) is 9.86. The molecular formula is C21H18N4O8S2. The summed E-state index contributed by atoms with van der Waals surface area (Å²) < 4.78 is 37.2. The molecule has 0 bridgehead atoms. The Morgan fingerprint density at radius 1 is 1.03 bits per heavy atom. The van der Waals surface area contributed by atoms with Gasteiger partial charge >= 0.3 is 0 Å². The molecule has 0 fully saturated rings. The van der Waals surface area contributed by atoms with E-state index in [9.17, 15) is 18.0 Å². The lowest BCUT2D eigenvalue weighted by Gasteiger charge is -2.11. The van der Waals surface area contributed by atoms with Crippen molar-refractivity contribution in [3.05, 3.63) is 75.7 Å². The molecule has 0 unspecified atom stereocenters. The van der Waals surface area contributed by atoms with Crippen molar-refractivity contribution in [2.75, 3.05) is 5.01 Å². The van der Waals surface area contributed by atoms with Crippen LogP contribution in [-0.4, -0.2) is 39.6 Å². The number of aromatic amines is 1. The van der Waals surface area contributed by atoms with E-state index in [2.05, 4.69) is 19.6 Å². The van der Waals surface area contributed by atoms with Crippen molar-refractivity contribution in [3.8, 4) is 5.69 Å². The van der Waals surface area contributed by atoms with Gasteiger partial charge in [-0.2, -0.15) is 18.5 Å². The number of aryl methyl sites for hydroxylation is 1. The van der Waals surface area contributed by atoms with E-state index < -0.39 is 21.6 Å². The van der Waals surface area contributed by atoms with Crippen molar-refractivity contribution < 1.29 is 32.4 Å². The van der Waals surface area contributed by atoms with E-state index in [0.717, 1.165) is 12.0 Å². The number of aromatic nitrogens is 2. The van der Waals surface area contributed by atoms with Gasteiger partial charge in [0.15, 0.2) is 0 Å². The second-order valence-corrected chi connectivity index (χ2v) is 9.54. The third-order valence-corrected chi connectivity index (χ3v) is 6.56. The highest BCUT2D eigenvalue weighted by Crippen LogP contribution is 2.28. The standard InChI is InChI=1S/C21H18N4O8S2/c1-12-18(20(26)24(22-12)14-3-7-16(8-4-14)34-33-32-28)11-19-13(2)23-25(21(19)27)15-5-9-17(10-6-15)35(29,30)31/h3-11,23,28H,1-2H3,(H,29,30,31)/b18-11+. The number of amides is 1. The minimum absolute atomic E-state index is 0.230. The van der Waals surface area contributed by atoms with Crippen LogP contribution in [0.1, 0.15) is 18.2 Å². The summed E-state index contributed by atoms with van der Waals surface area (Å²) in [6.45, 7) is 3.31. The molecule has 0 radical (unpaired) electrons. The third kappa shape index (κ3) is 4.97. The lowest BCUT2D eigenvalue weighted by molar-refractivity contribution is -0.432. The fourth-order valence-corrected chi connectivity index (χ4v) is 4.22. The minimum atomic E-state index is -4.36. The molecule has 1 aromatic heterocycles. The predicted molar refractivity (Wildman–Crippen MR) is 127 cm³/mol. The topological polar surface area (TPSA) is 164 Å². The maximum atomic E-state index is 13.1. The van der Waals surface area contributed by atoms with Crippen LogP contribution in [0.2, 0.25) is 0 Å². The van der Waals surface area contributed by atoms with Gasteiger partial charge in [-0.3, -0.25) is 19.2 Å². The SMILES string of the molecule is CC1=NN(c2ccc(SOOO)cc2)C(=O)/C1=C/c1c(C)[nH]n(-c2ccc(S(=O)(=O)O)cc2)c1=O. The molecule has 0 atom stereocenters. The van der Waals surface area contributed by atoms with Crippen molar-refractivity contribution in [3.63, 3.8) is 0 Å². The van der Waals surface area contributed by atoms with Crippen molar-refractivity contribution in [2.24, 2.45) is 5.10 Å². The summed E-state index contributed by atoms with van der Waals surface area (Å²) >= 11 is 0.775. The Morgan fingerprint density at radius 2 is 1.66 bits per heavy atom. The largest absolute Gasteiger partial charge is 0.295 e. The Labute approximate surface area is 202 Å². The monoisotopic (exact) mass is 518 g/mol. The Kier molecular flexibility index (Phi) is 6.75. The van der Waals surface area contributed by atoms with Crippen LogP contribution in [0.15, 0.2) is 73.8 Å². The predicted octanol–water partition coefficient (Wildman–Crippen LogP) is 2.96. The first kappa shape index (κ1) is 24.6. The zero-order valence-electron chi connectivity index (χ0n) is 18.2. The first-order valence-corrected chi connectivity index (χ1v) is 12.0. The number of carbonyl (C=O) groups excluding carboxylic acids is 1. The molecule has 3 N–H and O–H groups in total. The van der Waals surface area contributed by atoms with Gasteiger partial charge in [-0.15, -0.1) is 4.33 Å². The smallest absolute Gasteiger partial charge is 0.294 e. The summed E-state index contributed by atoms with van der Waals surface area (Å²) in [5.74, 6) is -0.429. The van der Waals surface area contributed by atoms with E-state index in [-0.39, 0.29) is 16.0 Å². The van der Waals surface area contributed by atoms with Crippen LogP contribution in [0.4, 0.5) is 5.69 Å². The quantitative estimate of drug-likeness (QED) is 0.140. The molecule has 1 aliphatic rings. The molecule has 0 saturated carbocycles. The van der Waals surface area contributed by atoms with Crippen LogP contribution >= 0.6 is 12.0 Å². The molecule has 35 heavy (non-hydrogen) atoms. The molecule has 2 aromatic carbocycles. The summed E-state index contributed by atoms with van der Waals surface area (Å²) in [4.78, 5) is 26.4. The second-order valence-electron chi connectivity index (χ2n) is 7.34. The number of hydrogen-bond acceptors (Lipinski definition) is 9. The number of H-pyrrole nitrogens is 1.